The van der Waals surface area contributed by atoms with E-state index in [2.05, 4.69) is 31.1 Å². The van der Waals surface area contributed by atoms with Gasteiger partial charge in [-0.1, -0.05) is 42.6 Å². The summed E-state index contributed by atoms with van der Waals surface area (Å²) in [4.78, 5) is 0. The van der Waals surface area contributed by atoms with Gasteiger partial charge in [0, 0.05) is 0 Å². The maximum absolute atomic E-state index is 2.16. The highest BCUT2D eigenvalue weighted by Crippen LogP contribution is 1.79. The third kappa shape index (κ3) is 3.27. The van der Waals surface area contributed by atoms with E-state index >= 15 is 0 Å². The average molecular weight is 140 g/mol. The van der Waals surface area contributed by atoms with E-state index in [9.17, 15) is 0 Å². The SMILES string of the molecule is CBc1ccccc1.O.O. The maximum atomic E-state index is 2.16. The number of hydrogen-bond acceptors (Lipinski definition) is 0. The fourth-order valence-corrected chi connectivity index (χ4v) is 0.714. The molecule has 0 spiro atoms. The molecule has 0 aliphatic heterocycles. The van der Waals surface area contributed by atoms with E-state index in [-0.39, 0.29) is 11.0 Å². The fraction of sp³-hybridized carbons (Fsp3) is 0.143. The second kappa shape index (κ2) is 6.33. The summed E-state index contributed by atoms with van der Waals surface area (Å²) in [5.74, 6) is 0. The van der Waals surface area contributed by atoms with Gasteiger partial charge in [-0.15, -0.1) is 0 Å². The first kappa shape index (κ1) is 11.9. The van der Waals surface area contributed by atoms with Crippen molar-refractivity contribution in [2.75, 3.05) is 0 Å². The van der Waals surface area contributed by atoms with Gasteiger partial charge in [0.25, 0.3) is 0 Å². The van der Waals surface area contributed by atoms with Crippen molar-refractivity contribution >= 4 is 12.7 Å². The Hall–Kier alpha value is -0.795. The fourth-order valence-electron chi connectivity index (χ4n) is 0.714. The number of hydrogen-bond donors (Lipinski definition) is 0. The zero-order valence-electron chi connectivity index (χ0n) is 6.09. The first-order valence-corrected chi connectivity index (χ1v) is 2.97. The molecule has 0 saturated heterocycles. The molecule has 3 heteroatoms. The van der Waals surface area contributed by atoms with Gasteiger partial charge < -0.3 is 11.0 Å². The van der Waals surface area contributed by atoms with Crippen LogP contribution >= 0.6 is 0 Å². The Morgan fingerprint density at radius 1 is 1.00 bits per heavy atom. The molecular weight excluding hydrogens is 127 g/mol. The normalized spacial score (nSPS) is 6.90. The Morgan fingerprint density at radius 3 is 1.80 bits per heavy atom. The second-order valence-corrected chi connectivity index (χ2v) is 1.84. The molecule has 0 aromatic heterocycles. The van der Waals surface area contributed by atoms with Crippen LogP contribution in [0.2, 0.25) is 6.82 Å². The van der Waals surface area contributed by atoms with Gasteiger partial charge in [-0.2, -0.15) is 0 Å². The quantitative estimate of drug-likeness (QED) is 0.456. The van der Waals surface area contributed by atoms with Gasteiger partial charge in [-0.05, 0) is 0 Å². The van der Waals surface area contributed by atoms with Crippen LogP contribution in [0.3, 0.4) is 0 Å². The number of benzene rings is 1. The van der Waals surface area contributed by atoms with Gasteiger partial charge in [-0.3, -0.25) is 0 Å². The van der Waals surface area contributed by atoms with Crippen molar-refractivity contribution in [3.8, 4) is 0 Å². The van der Waals surface area contributed by atoms with Gasteiger partial charge >= 0.3 is 0 Å². The highest BCUT2D eigenvalue weighted by Gasteiger charge is 1.82. The van der Waals surface area contributed by atoms with Crippen LogP contribution in [-0.4, -0.2) is 18.2 Å². The Labute approximate surface area is 61.7 Å². The molecule has 0 amide bonds. The topological polar surface area (TPSA) is 63.0 Å². The molecule has 0 saturated carbocycles. The standard InChI is InChI=1S/C7H9B.2H2O/c1-8-7-5-3-2-4-6-7;;/h2-6,8H,1H3;2*1H2. The molecule has 10 heavy (non-hydrogen) atoms. The van der Waals surface area contributed by atoms with Crippen molar-refractivity contribution in [1.82, 2.24) is 0 Å². The predicted molar refractivity (Wildman–Crippen MR) is 46.3 cm³/mol. The van der Waals surface area contributed by atoms with Crippen LogP contribution in [0, 0.1) is 0 Å². The second-order valence-electron chi connectivity index (χ2n) is 1.84. The molecule has 1 aromatic rings. The lowest BCUT2D eigenvalue weighted by molar-refractivity contribution is 0.823. The lowest BCUT2D eigenvalue weighted by Crippen LogP contribution is -2.07. The largest absolute Gasteiger partial charge is 0.412 e. The highest BCUT2D eigenvalue weighted by atomic mass is 16.0. The van der Waals surface area contributed by atoms with E-state index in [0.29, 0.717) is 0 Å². The Morgan fingerprint density at radius 2 is 1.50 bits per heavy atom. The first-order valence-electron chi connectivity index (χ1n) is 2.97. The van der Waals surface area contributed by atoms with E-state index in [4.69, 9.17) is 0 Å². The van der Waals surface area contributed by atoms with E-state index in [0.717, 1.165) is 7.28 Å². The summed E-state index contributed by atoms with van der Waals surface area (Å²) in [6.07, 6.45) is 0. The summed E-state index contributed by atoms with van der Waals surface area (Å²) in [6.45, 7) is 2.16. The van der Waals surface area contributed by atoms with Crippen molar-refractivity contribution in [1.29, 1.82) is 0 Å². The lowest BCUT2D eigenvalue weighted by atomic mass is 9.74. The minimum Gasteiger partial charge on any atom is -0.412 e. The van der Waals surface area contributed by atoms with Crippen LogP contribution < -0.4 is 5.46 Å². The van der Waals surface area contributed by atoms with Gasteiger partial charge in [0.2, 0.25) is 0 Å². The van der Waals surface area contributed by atoms with E-state index < -0.39 is 0 Å². The Bertz CT molecular complexity index is 153. The monoisotopic (exact) mass is 140 g/mol. The molecule has 1 aromatic carbocycles. The molecule has 0 atom stereocenters. The van der Waals surface area contributed by atoms with Crippen molar-refractivity contribution < 1.29 is 11.0 Å². The molecule has 0 fully saturated rings. The van der Waals surface area contributed by atoms with E-state index in [1.165, 1.54) is 5.46 Å². The molecule has 0 heterocycles. The molecule has 56 valence electrons. The molecule has 4 N–H and O–H groups in total. The molecule has 0 aliphatic carbocycles. The molecule has 0 aliphatic rings. The Kier molecular flexibility index (Phi) is 7.55. The van der Waals surface area contributed by atoms with Crippen LogP contribution in [0.5, 0.6) is 0 Å². The summed E-state index contributed by atoms with van der Waals surface area (Å²) in [5, 5.41) is 0. The summed E-state index contributed by atoms with van der Waals surface area (Å²) >= 11 is 0. The zero-order valence-corrected chi connectivity index (χ0v) is 6.09. The van der Waals surface area contributed by atoms with Crippen molar-refractivity contribution in [3.05, 3.63) is 30.3 Å². The van der Waals surface area contributed by atoms with Crippen LogP contribution in [-0.2, 0) is 0 Å². The van der Waals surface area contributed by atoms with E-state index in [1.807, 2.05) is 6.07 Å². The van der Waals surface area contributed by atoms with Crippen LogP contribution in [0.15, 0.2) is 30.3 Å². The van der Waals surface area contributed by atoms with Gasteiger partial charge in [0.1, 0.15) is 0 Å². The summed E-state index contributed by atoms with van der Waals surface area (Å²) in [6, 6.07) is 10.5. The highest BCUT2D eigenvalue weighted by molar-refractivity contribution is 6.51. The summed E-state index contributed by atoms with van der Waals surface area (Å²) in [5.41, 5.74) is 1.41. The summed E-state index contributed by atoms with van der Waals surface area (Å²) < 4.78 is 0. The molecule has 0 radical (unpaired) electrons. The van der Waals surface area contributed by atoms with Crippen molar-refractivity contribution in [3.63, 3.8) is 0 Å². The van der Waals surface area contributed by atoms with Crippen molar-refractivity contribution in [2.45, 2.75) is 6.82 Å². The molecule has 0 bridgehead atoms. The maximum Gasteiger partial charge on any atom is 0.154 e. The van der Waals surface area contributed by atoms with Crippen LogP contribution in [0.1, 0.15) is 0 Å². The van der Waals surface area contributed by atoms with Crippen molar-refractivity contribution in [2.24, 2.45) is 0 Å². The predicted octanol–water partition coefficient (Wildman–Crippen LogP) is -0.853. The molecular formula is C7H13BO2. The lowest BCUT2D eigenvalue weighted by Gasteiger charge is -1.88. The van der Waals surface area contributed by atoms with Gasteiger partial charge in [0.15, 0.2) is 7.28 Å². The third-order valence-corrected chi connectivity index (χ3v) is 1.25. The first-order chi connectivity index (χ1) is 3.93. The Balaban J connectivity index is 0. The molecule has 2 nitrogen and oxygen atoms in total. The number of rotatable bonds is 1. The zero-order chi connectivity index (χ0) is 5.82. The minimum atomic E-state index is 0. The molecule has 1 rings (SSSR count). The molecule has 0 unspecified atom stereocenters. The smallest absolute Gasteiger partial charge is 0.154 e. The average Bonchev–Trinajstić information content (AvgIpc) is 1.90. The minimum absolute atomic E-state index is 0. The summed E-state index contributed by atoms with van der Waals surface area (Å²) in [7, 11) is 1.14. The van der Waals surface area contributed by atoms with Gasteiger partial charge in [-0.25, -0.2) is 0 Å². The third-order valence-electron chi connectivity index (χ3n) is 1.25. The van der Waals surface area contributed by atoms with Crippen LogP contribution in [0.4, 0.5) is 0 Å². The van der Waals surface area contributed by atoms with Gasteiger partial charge in [0.05, 0.1) is 0 Å². The van der Waals surface area contributed by atoms with E-state index in [1.54, 1.807) is 0 Å². The van der Waals surface area contributed by atoms with Crippen LogP contribution in [0.25, 0.3) is 0 Å².